The molecule has 0 bridgehead atoms. The molecule has 0 aliphatic carbocycles. The smallest absolute Gasteiger partial charge is 0.240 e. The van der Waals surface area contributed by atoms with Crippen LogP contribution < -0.4 is 9.46 Å². The normalized spacial score (nSPS) is 12.4. The van der Waals surface area contributed by atoms with Crippen LogP contribution in [0.5, 0.6) is 5.75 Å². The highest BCUT2D eigenvalue weighted by molar-refractivity contribution is 7.89. The first-order valence-corrected chi connectivity index (χ1v) is 10.4. The summed E-state index contributed by atoms with van der Waals surface area (Å²) in [5.41, 5.74) is 3.15. The Morgan fingerprint density at radius 3 is 2.41 bits per heavy atom. The Morgan fingerprint density at radius 1 is 1.07 bits per heavy atom. The van der Waals surface area contributed by atoms with Crippen LogP contribution in [-0.4, -0.2) is 27.1 Å². The molecular weight excluding hydrogens is 360 g/mol. The van der Waals surface area contributed by atoms with Gasteiger partial charge in [-0.05, 0) is 53.3 Å². The summed E-state index contributed by atoms with van der Waals surface area (Å²) in [5.74, 6) is 0.780. The third-order valence-corrected chi connectivity index (χ3v) is 6.17. The predicted molar refractivity (Wildman–Crippen MR) is 109 cm³/mol. The van der Waals surface area contributed by atoms with E-state index < -0.39 is 10.0 Å². The molecule has 0 fully saturated rings. The van der Waals surface area contributed by atoms with Crippen LogP contribution in [0.1, 0.15) is 31.9 Å². The monoisotopic (exact) mass is 386 g/mol. The highest BCUT2D eigenvalue weighted by Crippen LogP contribution is 2.25. The van der Waals surface area contributed by atoms with Crippen LogP contribution in [-0.2, 0) is 21.9 Å². The zero-order valence-electron chi connectivity index (χ0n) is 16.2. The van der Waals surface area contributed by atoms with Gasteiger partial charge < -0.3 is 9.72 Å². The highest BCUT2D eigenvalue weighted by atomic mass is 32.2. The van der Waals surface area contributed by atoms with Gasteiger partial charge in [-0.3, -0.25) is 0 Å². The molecule has 1 aromatic heterocycles. The van der Waals surface area contributed by atoms with Gasteiger partial charge in [0, 0.05) is 23.6 Å². The van der Waals surface area contributed by atoms with Gasteiger partial charge in [-0.2, -0.15) is 0 Å². The topological polar surface area (TPSA) is 71.2 Å². The molecule has 0 atom stereocenters. The third kappa shape index (κ3) is 4.34. The van der Waals surface area contributed by atoms with Gasteiger partial charge in [-0.15, -0.1) is 0 Å². The van der Waals surface area contributed by atoms with Crippen molar-refractivity contribution in [1.82, 2.24) is 9.71 Å². The SMILES string of the molecule is COc1ccc2[nH]cc(CCNS(=O)(=O)c3ccc(C(C)(C)C)cc3)c2c1. The Hall–Kier alpha value is -2.31. The van der Waals surface area contributed by atoms with Gasteiger partial charge in [0.05, 0.1) is 12.0 Å². The van der Waals surface area contributed by atoms with Gasteiger partial charge in [0.25, 0.3) is 0 Å². The zero-order valence-corrected chi connectivity index (χ0v) is 17.0. The number of benzene rings is 2. The van der Waals surface area contributed by atoms with Crippen molar-refractivity contribution in [3.05, 3.63) is 59.8 Å². The molecule has 0 aliphatic heterocycles. The third-order valence-electron chi connectivity index (χ3n) is 4.69. The summed E-state index contributed by atoms with van der Waals surface area (Å²) in [6.45, 7) is 6.63. The van der Waals surface area contributed by atoms with E-state index in [0.29, 0.717) is 13.0 Å². The number of hydrogen-bond acceptors (Lipinski definition) is 3. The second kappa shape index (κ2) is 7.37. The molecule has 1 heterocycles. The summed E-state index contributed by atoms with van der Waals surface area (Å²) in [6.07, 6.45) is 2.50. The largest absolute Gasteiger partial charge is 0.497 e. The van der Waals surface area contributed by atoms with Crippen molar-refractivity contribution in [1.29, 1.82) is 0 Å². The summed E-state index contributed by atoms with van der Waals surface area (Å²) in [7, 11) is -1.90. The van der Waals surface area contributed by atoms with Gasteiger partial charge in [-0.1, -0.05) is 32.9 Å². The average Bonchev–Trinajstić information content (AvgIpc) is 3.03. The maximum Gasteiger partial charge on any atom is 0.240 e. The molecule has 2 N–H and O–H groups in total. The van der Waals surface area contributed by atoms with Crippen LogP contribution >= 0.6 is 0 Å². The maximum atomic E-state index is 12.5. The Balaban J connectivity index is 1.69. The number of aromatic amines is 1. The molecule has 0 radical (unpaired) electrons. The van der Waals surface area contributed by atoms with E-state index in [1.165, 1.54) is 0 Å². The fourth-order valence-corrected chi connectivity index (χ4v) is 4.06. The van der Waals surface area contributed by atoms with Crippen molar-refractivity contribution in [2.45, 2.75) is 37.5 Å². The van der Waals surface area contributed by atoms with Crippen LogP contribution in [0, 0.1) is 0 Å². The standard InChI is InChI=1S/C21H26N2O3S/c1-21(2,3)16-5-8-18(9-6-16)27(24,25)23-12-11-15-14-22-20-10-7-17(26-4)13-19(15)20/h5-10,13-14,22-23H,11-12H2,1-4H3. The second-order valence-electron chi connectivity index (χ2n) is 7.65. The Labute approximate surface area is 160 Å². The number of rotatable bonds is 6. The molecule has 0 aliphatic rings. The fraction of sp³-hybridized carbons (Fsp3) is 0.333. The molecular formula is C21H26N2O3S. The number of ether oxygens (including phenoxy) is 1. The zero-order chi connectivity index (χ0) is 19.7. The first kappa shape index (κ1) is 19.5. The number of hydrogen-bond donors (Lipinski definition) is 2. The summed E-state index contributed by atoms with van der Waals surface area (Å²) >= 11 is 0. The molecule has 0 amide bonds. The number of H-pyrrole nitrogens is 1. The van der Waals surface area contributed by atoms with Crippen molar-refractivity contribution in [3.63, 3.8) is 0 Å². The summed E-state index contributed by atoms with van der Waals surface area (Å²) in [6, 6.07) is 12.9. The minimum absolute atomic E-state index is 0.00782. The van der Waals surface area contributed by atoms with Crippen molar-refractivity contribution < 1.29 is 13.2 Å². The van der Waals surface area contributed by atoms with E-state index in [9.17, 15) is 8.42 Å². The number of methoxy groups -OCH3 is 1. The van der Waals surface area contributed by atoms with Gasteiger partial charge in [0.15, 0.2) is 0 Å². The number of aromatic nitrogens is 1. The van der Waals surface area contributed by atoms with E-state index >= 15 is 0 Å². The molecule has 0 unspecified atom stereocenters. The quantitative estimate of drug-likeness (QED) is 0.673. The van der Waals surface area contributed by atoms with E-state index in [4.69, 9.17) is 4.74 Å². The molecule has 0 spiro atoms. The van der Waals surface area contributed by atoms with E-state index in [1.807, 2.05) is 36.5 Å². The number of fused-ring (bicyclic) bond motifs is 1. The lowest BCUT2D eigenvalue weighted by Gasteiger charge is -2.19. The maximum absolute atomic E-state index is 12.5. The minimum atomic E-state index is -3.53. The van der Waals surface area contributed by atoms with Crippen LogP contribution in [0.4, 0.5) is 0 Å². The Kier molecular flexibility index (Phi) is 5.31. The summed E-state index contributed by atoms with van der Waals surface area (Å²) in [4.78, 5) is 3.49. The first-order valence-electron chi connectivity index (χ1n) is 8.95. The minimum Gasteiger partial charge on any atom is -0.497 e. The van der Waals surface area contributed by atoms with E-state index in [-0.39, 0.29) is 10.3 Å². The fourth-order valence-electron chi connectivity index (χ4n) is 3.03. The molecule has 144 valence electrons. The van der Waals surface area contributed by atoms with Crippen LogP contribution in [0.25, 0.3) is 10.9 Å². The molecule has 5 nitrogen and oxygen atoms in total. The van der Waals surface area contributed by atoms with Gasteiger partial charge in [-0.25, -0.2) is 13.1 Å². The first-order chi connectivity index (χ1) is 12.7. The molecule has 0 saturated carbocycles. The van der Waals surface area contributed by atoms with E-state index in [2.05, 4.69) is 30.5 Å². The number of sulfonamides is 1. The van der Waals surface area contributed by atoms with Crippen molar-refractivity contribution in [2.75, 3.05) is 13.7 Å². The van der Waals surface area contributed by atoms with Gasteiger partial charge in [0.1, 0.15) is 5.75 Å². The lowest BCUT2D eigenvalue weighted by Crippen LogP contribution is -2.26. The highest BCUT2D eigenvalue weighted by Gasteiger charge is 2.17. The van der Waals surface area contributed by atoms with Gasteiger partial charge in [0.2, 0.25) is 10.0 Å². The summed E-state index contributed by atoms with van der Waals surface area (Å²) < 4.78 is 33.1. The van der Waals surface area contributed by atoms with E-state index in [0.717, 1.165) is 27.8 Å². The Bertz CT molecular complexity index is 1030. The summed E-state index contributed by atoms with van der Waals surface area (Å²) in [5, 5.41) is 1.04. The van der Waals surface area contributed by atoms with Crippen LogP contribution in [0.2, 0.25) is 0 Å². The number of nitrogens with one attached hydrogen (secondary N) is 2. The van der Waals surface area contributed by atoms with Crippen LogP contribution in [0.15, 0.2) is 53.6 Å². The Morgan fingerprint density at radius 2 is 1.78 bits per heavy atom. The lowest BCUT2D eigenvalue weighted by atomic mass is 9.87. The molecule has 0 saturated heterocycles. The van der Waals surface area contributed by atoms with E-state index in [1.54, 1.807) is 19.2 Å². The molecule has 6 heteroatoms. The molecule has 27 heavy (non-hydrogen) atoms. The molecule has 3 rings (SSSR count). The van der Waals surface area contributed by atoms with Gasteiger partial charge >= 0.3 is 0 Å². The van der Waals surface area contributed by atoms with Crippen molar-refractivity contribution in [2.24, 2.45) is 0 Å². The predicted octanol–water partition coefficient (Wildman–Crippen LogP) is 4.00. The molecule has 3 aromatic rings. The van der Waals surface area contributed by atoms with Crippen LogP contribution in [0.3, 0.4) is 0 Å². The molecule has 2 aromatic carbocycles. The lowest BCUT2D eigenvalue weighted by molar-refractivity contribution is 0.415. The second-order valence-corrected chi connectivity index (χ2v) is 9.41. The van der Waals surface area contributed by atoms with Crippen molar-refractivity contribution in [3.8, 4) is 5.75 Å². The van der Waals surface area contributed by atoms with Crippen molar-refractivity contribution >= 4 is 20.9 Å². The average molecular weight is 387 g/mol.